The van der Waals surface area contributed by atoms with Gasteiger partial charge in [0.05, 0.1) is 67.5 Å². The Kier molecular flexibility index (Phi) is 29.0. The molecule has 740 valence electrons. The number of H-pyrrole nitrogens is 2. The molecular weight excluding hydrogens is 1860 g/mol. The lowest BCUT2D eigenvalue weighted by molar-refractivity contribution is -0.386. The van der Waals surface area contributed by atoms with E-state index in [1.165, 1.54) is 96.5 Å². The second-order valence-corrected chi connectivity index (χ2v) is 45.9. The van der Waals surface area contributed by atoms with Crippen molar-refractivity contribution in [2.24, 2.45) is 22.7 Å². The molecule has 6 aromatic carbocycles. The Hall–Kier alpha value is -11.0. The van der Waals surface area contributed by atoms with Crippen LogP contribution in [-0.4, -0.2) is 243 Å². The van der Waals surface area contributed by atoms with Crippen LogP contribution in [0.15, 0.2) is 179 Å². The fraction of sp³-hybridized carbons (Fsp3) is 0.472. The van der Waals surface area contributed by atoms with Gasteiger partial charge < -0.3 is 48.5 Å². The number of aromatic nitrogens is 4. The number of anilines is 2. The van der Waals surface area contributed by atoms with Crippen molar-refractivity contribution in [1.29, 1.82) is 0 Å². The SMILES string of the molecule is C[C@@H]1CN(CC[C@H]2COc3cc(S(=O)(=O)NC(=O)c4ccc(N5CCN(CC6=C(c7ccc(Cl)cc7)CC(C)(C)CC6)CC5)cc4Oc4cnc5[nH]ccc5c4)cc([N+](=O)[O-])c3C2)CCN1C1CCC1.C[C@H]1CN(CC[C@H]2COc3cc(S(=O)(=O)NC(=O)c4ccc(N5CCN(CC6=C(c7ccc(Cl)cc7)CC(C)(C)CC6)CC5)cc4Oc4cnc5[nH]ccc5c4)cc([N+](=O)[O-])c3C2)CCN1C1CCC1. The van der Waals surface area contributed by atoms with Crippen molar-refractivity contribution in [2.45, 2.75) is 178 Å². The van der Waals surface area contributed by atoms with E-state index in [4.69, 9.17) is 42.1 Å². The largest absolute Gasteiger partial charge is 0.493 e. The van der Waals surface area contributed by atoms with E-state index < -0.39 is 51.5 Å². The molecule has 20 rings (SSSR count). The highest BCUT2D eigenvalue weighted by atomic mass is 35.5. The van der Waals surface area contributed by atoms with E-state index >= 15 is 0 Å². The van der Waals surface area contributed by atoms with Crippen LogP contribution in [0, 0.1) is 42.9 Å². The van der Waals surface area contributed by atoms with Crippen LogP contribution in [0.1, 0.15) is 174 Å². The second kappa shape index (κ2) is 41.5. The summed E-state index contributed by atoms with van der Waals surface area (Å²) in [5.74, 6) is -0.577. The van der Waals surface area contributed by atoms with E-state index in [0.29, 0.717) is 84.1 Å². The number of hydrogen-bond acceptors (Lipinski definition) is 24. The van der Waals surface area contributed by atoms with Gasteiger partial charge in [-0.1, -0.05) is 99.2 Å². The second-order valence-electron chi connectivity index (χ2n) is 41.6. The van der Waals surface area contributed by atoms with Crippen molar-refractivity contribution in [3.63, 3.8) is 0 Å². The van der Waals surface area contributed by atoms with Gasteiger partial charge in [0, 0.05) is 210 Å². The number of nitro benzene ring substituents is 2. The first kappa shape index (κ1) is 97.8. The summed E-state index contributed by atoms with van der Waals surface area (Å²) in [6.45, 7) is 30.3. The van der Waals surface area contributed by atoms with Gasteiger partial charge in [-0.05, 0) is 235 Å². The highest BCUT2D eigenvalue weighted by Gasteiger charge is 2.41. The normalized spacial score (nSPS) is 21.5. The number of amides is 2. The van der Waals surface area contributed by atoms with Crippen molar-refractivity contribution >= 4 is 111 Å². The van der Waals surface area contributed by atoms with E-state index in [-0.39, 0.29) is 68.2 Å². The van der Waals surface area contributed by atoms with E-state index in [2.05, 4.69) is 134 Å². The van der Waals surface area contributed by atoms with Crippen LogP contribution >= 0.6 is 23.2 Å². The molecule has 0 radical (unpaired) electrons. The van der Waals surface area contributed by atoms with Crippen molar-refractivity contribution < 1.29 is 55.2 Å². The van der Waals surface area contributed by atoms with Gasteiger partial charge in [0.2, 0.25) is 0 Å². The number of hydrogen-bond donors (Lipinski definition) is 4. The van der Waals surface area contributed by atoms with E-state index in [9.17, 15) is 46.7 Å². The van der Waals surface area contributed by atoms with Gasteiger partial charge in [0.1, 0.15) is 45.8 Å². The molecule has 34 heteroatoms. The summed E-state index contributed by atoms with van der Waals surface area (Å²) < 4.78 is 85.5. The third kappa shape index (κ3) is 22.5. The number of rotatable bonds is 28. The number of fused-ring (bicyclic) bond motifs is 4. The predicted molar refractivity (Wildman–Crippen MR) is 545 cm³/mol. The monoisotopic (exact) mass is 1980 g/mol. The molecule has 30 nitrogen and oxygen atoms in total. The minimum atomic E-state index is -4.63. The zero-order chi connectivity index (χ0) is 97.5. The van der Waals surface area contributed by atoms with Gasteiger partial charge in [-0.2, -0.15) is 0 Å². The molecular formula is C106H126Cl2N16O14S2. The van der Waals surface area contributed by atoms with Crippen LogP contribution in [0.3, 0.4) is 0 Å². The highest BCUT2D eigenvalue weighted by Crippen LogP contribution is 2.48. The molecule has 6 fully saturated rings. The Morgan fingerprint density at radius 1 is 0.507 bits per heavy atom. The van der Waals surface area contributed by atoms with Crippen LogP contribution in [0.25, 0.3) is 33.2 Å². The van der Waals surface area contributed by atoms with Gasteiger partial charge >= 0.3 is 0 Å². The molecule has 4 saturated heterocycles. The molecule has 4 atom stereocenters. The van der Waals surface area contributed by atoms with Gasteiger partial charge in [-0.3, -0.25) is 49.4 Å². The van der Waals surface area contributed by atoms with Crippen LogP contribution in [0.2, 0.25) is 10.0 Å². The zero-order valence-electron chi connectivity index (χ0n) is 80.6. The molecule has 0 spiro atoms. The van der Waals surface area contributed by atoms with Gasteiger partial charge in [0.25, 0.3) is 43.2 Å². The maximum absolute atomic E-state index is 14.2. The summed E-state index contributed by atoms with van der Waals surface area (Å²) in [5, 5.41) is 28.1. The fourth-order valence-electron chi connectivity index (χ4n) is 22.2. The molecule has 10 aromatic rings. The Labute approximate surface area is 828 Å². The van der Waals surface area contributed by atoms with Gasteiger partial charge in [-0.25, -0.2) is 36.2 Å². The standard InChI is InChI=1S/2C53H63ClN8O7S/c2*1-35-32-58(21-24-61(35)41-5-4-6-41)18-15-36-25-46-48(62(64)65)28-44(29-49(46)68-34-36)70(66,67)57-52(63)45-12-11-42(27-50(45)69-43-26-38-14-17-55-51(38)56-31-43)60-22-19-59(20-23-60)33-39-13-16-53(2,3)30-47(39)37-7-9-40(54)10-8-37/h2*7-12,14,17,26-29,31,35-36,41H,4-6,13,15-16,18-25,30,32-34H2,1-3H3,(H,55,56)(H,57,63)/t35-,36+;35-,36-/m01/s1. The number of nitrogens with one attached hydrogen (secondary N) is 4. The number of ether oxygens (including phenoxy) is 4. The maximum atomic E-state index is 14.2. The Bertz CT molecular complexity index is 6220. The summed E-state index contributed by atoms with van der Waals surface area (Å²) >= 11 is 12.5. The minimum Gasteiger partial charge on any atom is -0.493 e. The number of benzene rings is 6. The van der Waals surface area contributed by atoms with E-state index in [1.807, 2.05) is 36.4 Å². The summed E-state index contributed by atoms with van der Waals surface area (Å²) in [6.07, 6.45) is 23.2. The minimum absolute atomic E-state index is 0.0348. The number of nitro groups is 2. The van der Waals surface area contributed by atoms with Crippen LogP contribution in [0.5, 0.6) is 34.5 Å². The number of carbonyl (C=O) groups excluding carboxylic acids is 2. The number of sulfonamides is 2. The number of nitrogens with zero attached hydrogens (tertiary/aromatic N) is 12. The summed E-state index contributed by atoms with van der Waals surface area (Å²) in [4.78, 5) is 86.1. The number of halogens is 2. The lowest BCUT2D eigenvalue weighted by Gasteiger charge is -2.47. The fourth-order valence-corrected chi connectivity index (χ4v) is 24.4. The Balaban J connectivity index is 0.000000178. The van der Waals surface area contributed by atoms with Crippen molar-refractivity contribution in [3.8, 4) is 34.5 Å². The summed E-state index contributed by atoms with van der Waals surface area (Å²) in [7, 11) is -9.26. The average molecular weight is 1980 g/mol. The molecule has 4 aromatic heterocycles. The Morgan fingerprint density at radius 3 is 1.27 bits per heavy atom. The molecule has 2 amide bonds. The number of piperazine rings is 4. The van der Waals surface area contributed by atoms with Crippen molar-refractivity contribution in [1.82, 2.24) is 58.8 Å². The third-order valence-corrected chi connectivity index (χ3v) is 33.9. The molecule has 4 N–H and O–H groups in total. The summed E-state index contributed by atoms with van der Waals surface area (Å²) in [6, 6.07) is 41.0. The molecule has 0 unspecified atom stereocenters. The number of allylic oxidation sites excluding steroid dienone is 2. The van der Waals surface area contributed by atoms with Crippen LogP contribution in [0.4, 0.5) is 22.7 Å². The number of carbonyl (C=O) groups is 2. The first-order chi connectivity index (χ1) is 67.3. The molecule has 10 aliphatic rings. The van der Waals surface area contributed by atoms with E-state index in [0.717, 1.165) is 213 Å². The lowest BCUT2D eigenvalue weighted by Crippen LogP contribution is -2.57. The topological polar surface area (TPSA) is 333 Å². The molecule has 6 aliphatic heterocycles. The molecule has 4 aliphatic carbocycles. The van der Waals surface area contributed by atoms with Crippen LogP contribution in [-0.2, 0) is 32.9 Å². The predicted octanol–water partition coefficient (Wildman–Crippen LogP) is 18.6. The maximum Gasteiger partial charge on any atom is 0.277 e. The quantitative estimate of drug-likeness (QED) is 0.0261. The first-order valence-corrected chi connectivity index (χ1v) is 53.4. The zero-order valence-corrected chi connectivity index (χ0v) is 83.7. The average Bonchev–Trinajstić information content (AvgIpc) is 1.09. The van der Waals surface area contributed by atoms with Gasteiger partial charge in [-0.15, -0.1) is 0 Å². The van der Waals surface area contributed by atoms with Crippen molar-refractivity contribution in [3.05, 3.63) is 233 Å². The molecule has 140 heavy (non-hydrogen) atoms. The van der Waals surface area contributed by atoms with E-state index in [1.54, 1.807) is 60.9 Å². The first-order valence-electron chi connectivity index (χ1n) is 49.7. The third-order valence-electron chi connectivity index (χ3n) is 30.7. The molecule has 0 bridgehead atoms. The molecule has 2 saturated carbocycles. The summed E-state index contributed by atoms with van der Waals surface area (Å²) in [5.41, 5.74) is 11.6. The number of aromatic amines is 2. The smallest absolute Gasteiger partial charge is 0.277 e. The van der Waals surface area contributed by atoms with Crippen molar-refractivity contribution in [2.75, 3.05) is 141 Å². The van der Waals surface area contributed by atoms with Crippen LogP contribution < -0.4 is 38.2 Å². The molecule has 10 heterocycles. The lowest BCUT2D eigenvalue weighted by atomic mass is 9.72. The van der Waals surface area contributed by atoms with Gasteiger partial charge in [0.15, 0.2) is 0 Å². The Morgan fingerprint density at radius 2 is 0.900 bits per heavy atom. The number of pyridine rings is 2. The highest BCUT2D eigenvalue weighted by molar-refractivity contribution is 7.90.